The van der Waals surface area contributed by atoms with E-state index in [4.69, 9.17) is 0 Å². The van der Waals surface area contributed by atoms with Gasteiger partial charge in [-0.1, -0.05) is 26.8 Å². The maximum absolute atomic E-state index is 13.5. The van der Waals surface area contributed by atoms with Crippen molar-refractivity contribution < 1.29 is 13.6 Å². The SMILES string of the molecule is CC(C)(C)c1cc(NC(=O)Cc2ccc(F)cc2F)n[nH]1. The molecule has 1 aromatic carbocycles. The fraction of sp³-hybridized carbons (Fsp3) is 0.333. The van der Waals surface area contributed by atoms with Gasteiger partial charge in [-0.05, 0) is 11.6 Å². The first kappa shape index (κ1) is 15.2. The van der Waals surface area contributed by atoms with Crippen LogP contribution in [0.2, 0.25) is 0 Å². The van der Waals surface area contributed by atoms with Crippen LogP contribution in [0.3, 0.4) is 0 Å². The number of H-pyrrole nitrogens is 1. The molecule has 0 aliphatic carbocycles. The van der Waals surface area contributed by atoms with Gasteiger partial charge in [-0.3, -0.25) is 9.89 Å². The number of carbonyl (C=O) groups is 1. The second-order valence-corrected chi connectivity index (χ2v) is 5.88. The molecule has 1 aromatic heterocycles. The van der Waals surface area contributed by atoms with E-state index in [9.17, 15) is 13.6 Å². The number of hydrogen-bond acceptors (Lipinski definition) is 2. The zero-order valence-corrected chi connectivity index (χ0v) is 12.1. The van der Waals surface area contributed by atoms with E-state index in [1.165, 1.54) is 6.07 Å². The molecule has 0 unspecified atom stereocenters. The number of hydrogen-bond donors (Lipinski definition) is 2. The molecule has 0 saturated carbocycles. The van der Waals surface area contributed by atoms with Gasteiger partial charge in [-0.2, -0.15) is 5.10 Å². The fourth-order valence-electron chi connectivity index (χ4n) is 1.80. The summed E-state index contributed by atoms with van der Waals surface area (Å²) in [4.78, 5) is 11.9. The monoisotopic (exact) mass is 293 g/mol. The third kappa shape index (κ3) is 3.87. The van der Waals surface area contributed by atoms with Gasteiger partial charge in [0.25, 0.3) is 0 Å². The smallest absolute Gasteiger partial charge is 0.230 e. The first-order chi connectivity index (χ1) is 9.75. The number of rotatable bonds is 3. The molecule has 0 saturated heterocycles. The van der Waals surface area contributed by atoms with Crippen molar-refractivity contribution in [2.45, 2.75) is 32.6 Å². The van der Waals surface area contributed by atoms with Gasteiger partial charge in [0.2, 0.25) is 5.91 Å². The molecule has 0 spiro atoms. The minimum absolute atomic E-state index is 0.112. The lowest BCUT2D eigenvalue weighted by atomic mass is 9.92. The molecule has 0 aliphatic heterocycles. The maximum Gasteiger partial charge on any atom is 0.230 e. The van der Waals surface area contributed by atoms with E-state index < -0.39 is 17.5 Å². The lowest BCUT2D eigenvalue weighted by Gasteiger charge is -2.14. The van der Waals surface area contributed by atoms with Crippen LogP contribution in [-0.2, 0) is 16.6 Å². The Morgan fingerprint density at radius 2 is 2.00 bits per heavy atom. The molecule has 21 heavy (non-hydrogen) atoms. The van der Waals surface area contributed by atoms with Crippen LogP contribution < -0.4 is 5.32 Å². The van der Waals surface area contributed by atoms with E-state index in [0.717, 1.165) is 17.8 Å². The van der Waals surface area contributed by atoms with Crippen LogP contribution in [0.5, 0.6) is 0 Å². The van der Waals surface area contributed by atoms with Crippen LogP contribution in [0.25, 0.3) is 0 Å². The molecule has 0 aliphatic rings. The minimum atomic E-state index is -0.734. The molecule has 0 atom stereocenters. The van der Waals surface area contributed by atoms with E-state index in [0.29, 0.717) is 5.82 Å². The summed E-state index contributed by atoms with van der Waals surface area (Å²) < 4.78 is 26.3. The molecule has 2 aromatic rings. The number of anilines is 1. The highest BCUT2D eigenvalue weighted by Gasteiger charge is 2.17. The Morgan fingerprint density at radius 1 is 1.29 bits per heavy atom. The summed E-state index contributed by atoms with van der Waals surface area (Å²) in [7, 11) is 0. The minimum Gasteiger partial charge on any atom is -0.309 e. The summed E-state index contributed by atoms with van der Waals surface area (Å²) >= 11 is 0. The number of carbonyl (C=O) groups excluding carboxylic acids is 1. The van der Waals surface area contributed by atoms with E-state index >= 15 is 0 Å². The Morgan fingerprint density at radius 3 is 2.57 bits per heavy atom. The topological polar surface area (TPSA) is 57.8 Å². The zero-order chi connectivity index (χ0) is 15.6. The first-order valence-corrected chi connectivity index (χ1v) is 6.55. The van der Waals surface area contributed by atoms with Gasteiger partial charge in [0, 0.05) is 23.2 Å². The summed E-state index contributed by atoms with van der Waals surface area (Å²) in [6, 6.07) is 4.88. The summed E-state index contributed by atoms with van der Waals surface area (Å²) in [5, 5.41) is 9.42. The normalized spacial score (nSPS) is 11.5. The Kier molecular flexibility index (Phi) is 4.06. The van der Waals surface area contributed by atoms with Gasteiger partial charge < -0.3 is 5.32 Å². The summed E-state index contributed by atoms with van der Waals surface area (Å²) in [5.74, 6) is -1.43. The third-order valence-corrected chi connectivity index (χ3v) is 3.02. The highest BCUT2D eigenvalue weighted by molar-refractivity contribution is 5.91. The fourth-order valence-corrected chi connectivity index (χ4v) is 1.80. The molecule has 0 bridgehead atoms. The average Bonchev–Trinajstić information content (AvgIpc) is 2.81. The van der Waals surface area contributed by atoms with Crippen LogP contribution >= 0.6 is 0 Å². The predicted octanol–water partition coefficient (Wildman–Crippen LogP) is 3.17. The van der Waals surface area contributed by atoms with Crippen molar-refractivity contribution in [2.24, 2.45) is 0 Å². The largest absolute Gasteiger partial charge is 0.309 e. The lowest BCUT2D eigenvalue weighted by Crippen LogP contribution is -2.15. The number of benzene rings is 1. The summed E-state index contributed by atoms with van der Waals surface area (Å²) in [6.45, 7) is 6.04. The molecule has 112 valence electrons. The Balaban J connectivity index is 2.03. The number of nitrogens with zero attached hydrogens (tertiary/aromatic N) is 1. The molecule has 1 heterocycles. The van der Waals surface area contributed by atoms with Crippen molar-refractivity contribution in [1.29, 1.82) is 0 Å². The number of aromatic nitrogens is 2. The number of aromatic amines is 1. The highest BCUT2D eigenvalue weighted by atomic mass is 19.1. The van der Waals surface area contributed by atoms with Crippen molar-refractivity contribution in [3.63, 3.8) is 0 Å². The Labute approximate surface area is 121 Å². The number of amides is 1. The van der Waals surface area contributed by atoms with Crippen molar-refractivity contribution in [3.8, 4) is 0 Å². The van der Waals surface area contributed by atoms with Gasteiger partial charge in [0.05, 0.1) is 6.42 Å². The molecule has 0 radical (unpaired) electrons. The highest BCUT2D eigenvalue weighted by Crippen LogP contribution is 2.22. The average molecular weight is 293 g/mol. The molecule has 1 amide bonds. The Bertz CT molecular complexity index is 659. The first-order valence-electron chi connectivity index (χ1n) is 6.55. The lowest BCUT2D eigenvalue weighted by molar-refractivity contribution is -0.115. The van der Waals surface area contributed by atoms with Gasteiger partial charge >= 0.3 is 0 Å². The summed E-state index contributed by atoms with van der Waals surface area (Å²) in [5.41, 5.74) is 0.908. The van der Waals surface area contributed by atoms with Crippen molar-refractivity contribution in [2.75, 3.05) is 5.32 Å². The standard InChI is InChI=1S/C15H17F2N3O/c1-15(2,3)12-8-13(20-19-12)18-14(21)6-9-4-5-10(16)7-11(9)17/h4-5,7-8H,6H2,1-3H3,(H2,18,19,20,21). The molecule has 0 fully saturated rings. The van der Waals surface area contributed by atoms with E-state index in [2.05, 4.69) is 15.5 Å². The van der Waals surface area contributed by atoms with Crippen LogP contribution in [-0.4, -0.2) is 16.1 Å². The van der Waals surface area contributed by atoms with Crippen LogP contribution in [0, 0.1) is 11.6 Å². The number of nitrogens with one attached hydrogen (secondary N) is 2. The second-order valence-electron chi connectivity index (χ2n) is 5.88. The number of halogens is 2. The maximum atomic E-state index is 13.5. The quantitative estimate of drug-likeness (QED) is 0.913. The summed E-state index contributed by atoms with van der Waals surface area (Å²) in [6.07, 6.45) is -0.177. The van der Waals surface area contributed by atoms with Gasteiger partial charge in [-0.15, -0.1) is 0 Å². The van der Waals surface area contributed by atoms with Crippen molar-refractivity contribution in [3.05, 3.63) is 47.2 Å². The van der Waals surface area contributed by atoms with Crippen LogP contribution in [0.15, 0.2) is 24.3 Å². The molecule has 2 rings (SSSR count). The van der Waals surface area contributed by atoms with E-state index in [1.807, 2.05) is 20.8 Å². The zero-order valence-electron chi connectivity index (χ0n) is 12.1. The van der Waals surface area contributed by atoms with E-state index in [-0.39, 0.29) is 17.4 Å². The van der Waals surface area contributed by atoms with Gasteiger partial charge in [0.1, 0.15) is 11.6 Å². The molecule has 2 N–H and O–H groups in total. The van der Waals surface area contributed by atoms with Gasteiger partial charge in [0.15, 0.2) is 5.82 Å². The second kappa shape index (κ2) is 5.63. The Hall–Kier alpha value is -2.24. The molecular formula is C15H17F2N3O. The van der Waals surface area contributed by atoms with Crippen LogP contribution in [0.4, 0.5) is 14.6 Å². The predicted molar refractivity (Wildman–Crippen MR) is 76.0 cm³/mol. The van der Waals surface area contributed by atoms with Crippen molar-refractivity contribution in [1.82, 2.24) is 10.2 Å². The van der Waals surface area contributed by atoms with Crippen molar-refractivity contribution >= 4 is 11.7 Å². The molecule has 4 nitrogen and oxygen atoms in total. The molecule has 6 heteroatoms. The van der Waals surface area contributed by atoms with E-state index in [1.54, 1.807) is 6.07 Å². The third-order valence-electron chi connectivity index (χ3n) is 3.02. The van der Waals surface area contributed by atoms with Gasteiger partial charge in [-0.25, -0.2) is 8.78 Å². The molecular weight excluding hydrogens is 276 g/mol. The van der Waals surface area contributed by atoms with Crippen LogP contribution in [0.1, 0.15) is 32.0 Å².